The summed E-state index contributed by atoms with van der Waals surface area (Å²) in [5.74, 6) is 1.40. The highest BCUT2D eigenvalue weighted by atomic mass is 16.5. The second kappa shape index (κ2) is 6.65. The van der Waals surface area contributed by atoms with Crippen LogP contribution in [0.5, 0.6) is 5.75 Å². The summed E-state index contributed by atoms with van der Waals surface area (Å²) in [6.07, 6.45) is 1.63. The van der Waals surface area contributed by atoms with E-state index in [-0.39, 0.29) is 0 Å². The Bertz CT molecular complexity index is 837. The number of hydrogen-bond donors (Lipinski definition) is 0. The van der Waals surface area contributed by atoms with Gasteiger partial charge < -0.3 is 9.30 Å². The van der Waals surface area contributed by atoms with Crippen molar-refractivity contribution >= 4 is 17.3 Å². The van der Waals surface area contributed by atoms with Crippen molar-refractivity contribution in [2.45, 2.75) is 26.8 Å². The molecule has 0 unspecified atom stereocenters. The molecule has 0 amide bonds. The summed E-state index contributed by atoms with van der Waals surface area (Å²) >= 11 is 0. The minimum Gasteiger partial charge on any atom is -0.493 e. The molecule has 0 radical (unpaired) electrons. The van der Waals surface area contributed by atoms with E-state index in [0.29, 0.717) is 19.0 Å². The molecular weight excluding hydrogens is 288 g/mol. The highest BCUT2D eigenvalue weighted by molar-refractivity contribution is 5.82. The molecule has 0 aliphatic rings. The van der Waals surface area contributed by atoms with E-state index in [1.54, 1.807) is 0 Å². The minimum atomic E-state index is 0.470. The summed E-state index contributed by atoms with van der Waals surface area (Å²) in [5.41, 5.74) is 4.16. The largest absolute Gasteiger partial charge is 0.493 e. The Labute approximate surface area is 135 Å². The van der Waals surface area contributed by atoms with Gasteiger partial charge in [0.25, 0.3) is 0 Å². The Hall–Kier alpha value is -2.62. The molecule has 118 valence electrons. The van der Waals surface area contributed by atoms with E-state index < -0.39 is 0 Å². The molecule has 3 aromatic rings. The number of imidazole rings is 1. The molecule has 1 heterocycles. The molecule has 0 fully saturated rings. The van der Waals surface area contributed by atoms with E-state index in [1.807, 2.05) is 35.8 Å². The van der Waals surface area contributed by atoms with Gasteiger partial charge >= 0.3 is 0 Å². The predicted molar refractivity (Wildman–Crippen MR) is 91.1 cm³/mol. The van der Waals surface area contributed by atoms with Gasteiger partial charge in [-0.05, 0) is 49.6 Å². The molecule has 0 aliphatic carbocycles. The van der Waals surface area contributed by atoms with E-state index in [1.165, 1.54) is 5.56 Å². The maximum Gasteiger partial charge on any atom is 0.185 e. The third-order valence-electron chi connectivity index (χ3n) is 3.92. The van der Waals surface area contributed by atoms with E-state index >= 15 is 0 Å². The number of fused-ring (bicyclic) bond motifs is 1. The number of ether oxygens (including phenoxy) is 1. The SMILES string of the molecule is Cc1ccc(C)c(OCCCn2c(C=O)nc3ccccc32)c1. The number of para-hydroxylation sites is 2. The van der Waals surface area contributed by atoms with Gasteiger partial charge in [0.1, 0.15) is 5.75 Å². The van der Waals surface area contributed by atoms with Gasteiger partial charge in [-0.25, -0.2) is 4.98 Å². The summed E-state index contributed by atoms with van der Waals surface area (Å²) in [7, 11) is 0. The molecule has 0 bridgehead atoms. The van der Waals surface area contributed by atoms with Crippen LogP contribution in [0.25, 0.3) is 11.0 Å². The van der Waals surface area contributed by atoms with Crippen LogP contribution in [0.3, 0.4) is 0 Å². The summed E-state index contributed by atoms with van der Waals surface area (Å²) in [5, 5.41) is 0. The Kier molecular flexibility index (Phi) is 4.42. The molecule has 4 nitrogen and oxygen atoms in total. The standard InChI is InChI=1S/C19H20N2O2/c1-14-8-9-15(2)18(12-14)23-11-5-10-21-17-7-4-3-6-16(17)20-19(21)13-22/h3-4,6-9,12-13H,5,10-11H2,1-2H3. The topological polar surface area (TPSA) is 44.1 Å². The third kappa shape index (κ3) is 3.26. The average molecular weight is 308 g/mol. The average Bonchev–Trinajstić information content (AvgIpc) is 2.92. The summed E-state index contributed by atoms with van der Waals surface area (Å²) in [6.45, 7) is 5.41. The van der Waals surface area contributed by atoms with Crippen molar-refractivity contribution in [3.63, 3.8) is 0 Å². The minimum absolute atomic E-state index is 0.470. The van der Waals surface area contributed by atoms with Crippen molar-refractivity contribution in [1.82, 2.24) is 9.55 Å². The van der Waals surface area contributed by atoms with Gasteiger partial charge in [-0.1, -0.05) is 24.3 Å². The van der Waals surface area contributed by atoms with Crippen molar-refractivity contribution in [1.29, 1.82) is 0 Å². The number of rotatable bonds is 6. The van der Waals surface area contributed by atoms with Crippen LogP contribution in [0.2, 0.25) is 0 Å². The fraction of sp³-hybridized carbons (Fsp3) is 0.263. The second-order valence-corrected chi connectivity index (χ2v) is 5.70. The number of benzene rings is 2. The molecule has 23 heavy (non-hydrogen) atoms. The van der Waals surface area contributed by atoms with E-state index in [2.05, 4.69) is 30.1 Å². The number of aromatic nitrogens is 2. The third-order valence-corrected chi connectivity index (χ3v) is 3.92. The van der Waals surface area contributed by atoms with Crippen LogP contribution in [0, 0.1) is 13.8 Å². The molecule has 0 N–H and O–H groups in total. The molecule has 4 heteroatoms. The van der Waals surface area contributed by atoms with Crippen LogP contribution in [-0.4, -0.2) is 22.4 Å². The number of aldehydes is 1. The highest BCUT2D eigenvalue weighted by Crippen LogP contribution is 2.20. The molecule has 0 saturated carbocycles. The fourth-order valence-electron chi connectivity index (χ4n) is 2.69. The zero-order valence-electron chi connectivity index (χ0n) is 13.5. The van der Waals surface area contributed by atoms with Crippen LogP contribution in [0.15, 0.2) is 42.5 Å². The summed E-state index contributed by atoms with van der Waals surface area (Å²) in [4.78, 5) is 15.6. The van der Waals surface area contributed by atoms with Crippen molar-refractivity contribution < 1.29 is 9.53 Å². The lowest BCUT2D eigenvalue weighted by atomic mass is 10.1. The lowest BCUT2D eigenvalue weighted by Gasteiger charge is -2.11. The van der Waals surface area contributed by atoms with Crippen LogP contribution < -0.4 is 4.74 Å². The summed E-state index contributed by atoms with van der Waals surface area (Å²) in [6, 6.07) is 14.0. The number of aryl methyl sites for hydroxylation is 3. The molecule has 0 spiro atoms. The van der Waals surface area contributed by atoms with Gasteiger partial charge in [0.15, 0.2) is 12.1 Å². The molecule has 0 atom stereocenters. The normalized spacial score (nSPS) is 10.9. The summed E-state index contributed by atoms with van der Waals surface area (Å²) < 4.78 is 7.83. The maximum absolute atomic E-state index is 11.2. The number of carbonyl (C=O) groups is 1. The maximum atomic E-state index is 11.2. The molecular formula is C19H20N2O2. The lowest BCUT2D eigenvalue weighted by molar-refractivity contribution is 0.111. The van der Waals surface area contributed by atoms with Crippen LogP contribution in [0.4, 0.5) is 0 Å². The molecule has 3 rings (SSSR count). The van der Waals surface area contributed by atoms with Gasteiger partial charge in [-0.3, -0.25) is 4.79 Å². The van der Waals surface area contributed by atoms with E-state index in [0.717, 1.165) is 35.1 Å². The van der Waals surface area contributed by atoms with Crippen molar-refractivity contribution in [3.8, 4) is 5.75 Å². The Morgan fingerprint density at radius 2 is 2.00 bits per heavy atom. The first-order valence-corrected chi connectivity index (χ1v) is 7.79. The van der Waals surface area contributed by atoms with Gasteiger partial charge in [0.2, 0.25) is 0 Å². The van der Waals surface area contributed by atoms with Crippen molar-refractivity contribution in [3.05, 3.63) is 59.4 Å². The molecule has 2 aromatic carbocycles. The van der Waals surface area contributed by atoms with Gasteiger partial charge in [0, 0.05) is 6.54 Å². The van der Waals surface area contributed by atoms with E-state index in [9.17, 15) is 4.79 Å². The molecule has 1 aromatic heterocycles. The highest BCUT2D eigenvalue weighted by Gasteiger charge is 2.09. The Balaban J connectivity index is 1.67. The first kappa shape index (κ1) is 15.3. The second-order valence-electron chi connectivity index (χ2n) is 5.70. The smallest absolute Gasteiger partial charge is 0.185 e. The van der Waals surface area contributed by atoms with Gasteiger partial charge in [-0.2, -0.15) is 0 Å². The predicted octanol–water partition coefficient (Wildman–Crippen LogP) is 3.93. The zero-order chi connectivity index (χ0) is 16.2. The van der Waals surface area contributed by atoms with E-state index in [4.69, 9.17) is 4.74 Å². The van der Waals surface area contributed by atoms with Crippen molar-refractivity contribution in [2.75, 3.05) is 6.61 Å². The molecule has 0 saturated heterocycles. The van der Waals surface area contributed by atoms with Crippen molar-refractivity contribution in [2.24, 2.45) is 0 Å². The molecule has 0 aliphatic heterocycles. The Morgan fingerprint density at radius 1 is 1.17 bits per heavy atom. The lowest BCUT2D eigenvalue weighted by Crippen LogP contribution is -2.08. The van der Waals surface area contributed by atoms with Gasteiger partial charge in [0.05, 0.1) is 17.6 Å². The fourth-order valence-corrected chi connectivity index (χ4v) is 2.69. The zero-order valence-corrected chi connectivity index (χ0v) is 13.5. The number of carbonyl (C=O) groups excluding carboxylic acids is 1. The first-order valence-electron chi connectivity index (χ1n) is 7.79. The number of nitrogens with zero attached hydrogens (tertiary/aromatic N) is 2. The van der Waals surface area contributed by atoms with Crippen LogP contribution >= 0.6 is 0 Å². The van der Waals surface area contributed by atoms with Crippen LogP contribution in [0.1, 0.15) is 28.2 Å². The van der Waals surface area contributed by atoms with Crippen LogP contribution in [-0.2, 0) is 6.54 Å². The quantitative estimate of drug-likeness (QED) is 0.512. The monoisotopic (exact) mass is 308 g/mol. The van der Waals surface area contributed by atoms with Gasteiger partial charge in [-0.15, -0.1) is 0 Å². The first-order chi connectivity index (χ1) is 11.2. The Morgan fingerprint density at radius 3 is 2.83 bits per heavy atom. The number of hydrogen-bond acceptors (Lipinski definition) is 3.